The molecule has 0 spiro atoms. The summed E-state index contributed by atoms with van der Waals surface area (Å²) in [7, 11) is -3.51. The highest BCUT2D eigenvalue weighted by Gasteiger charge is 2.32. The normalized spacial score (nSPS) is 19.1. The van der Waals surface area contributed by atoms with Gasteiger partial charge in [-0.25, -0.2) is 12.7 Å². The van der Waals surface area contributed by atoms with Gasteiger partial charge in [-0.1, -0.05) is 54.1 Å². The van der Waals surface area contributed by atoms with Crippen molar-refractivity contribution in [2.45, 2.75) is 31.6 Å². The number of hydrogen-bond acceptors (Lipinski definition) is 3. The predicted octanol–water partition coefficient (Wildman–Crippen LogP) is 3.76. The van der Waals surface area contributed by atoms with Crippen LogP contribution in [0.4, 0.5) is 0 Å². The van der Waals surface area contributed by atoms with Crippen LogP contribution in [0.15, 0.2) is 54.6 Å². The first kappa shape index (κ1) is 20.8. The lowest BCUT2D eigenvalue weighted by atomic mass is 9.98. The molecule has 0 radical (unpaired) electrons. The third-order valence-electron chi connectivity index (χ3n) is 5.04. The standard InChI is InChI=1S/C21H25ClN2O3S/c1-16(18-8-3-2-4-9-18)23-21(25)19-10-6-12-24(14-19)28(26,27)15-17-7-5-11-20(22)13-17/h2-5,7-9,11,13,16,19H,6,10,12,14-15H2,1H3,(H,23,25)/t16-,19+/m1/s1. The second-order valence-electron chi connectivity index (χ2n) is 7.22. The lowest BCUT2D eigenvalue weighted by molar-refractivity contribution is -0.126. The lowest BCUT2D eigenvalue weighted by Gasteiger charge is -2.32. The third kappa shape index (κ3) is 5.34. The number of amides is 1. The number of carbonyl (C=O) groups is 1. The summed E-state index contributed by atoms with van der Waals surface area (Å²) >= 11 is 5.96. The van der Waals surface area contributed by atoms with Gasteiger partial charge in [0.1, 0.15) is 0 Å². The van der Waals surface area contributed by atoms with E-state index in [-0.39, 0.29) is 30.2 Å². The molecule has 0 aromatic heterocycles. The zero-order valence-electron chi connectivity index (χ0n) is 15.8. The van der Waals surface area contributed by atoms with E-state index in [1.165, 1.54) is 4.31 Å². The molecule has 0 saturated carbocycles. The van der Waals surface area contributed by atoms with E-state index in [9.17, 15) is 13.2 Å². The van der Waals surface area contributed by atoms with Crippen LogP contribution in [0.1, 0.15) is 36.9 Å². The van der Waals surface area contributed by atoms with Crippen molar-refractivity contribution < 1.29 is 13.2 Å². The van der Waals surface area contributed by atoms with E-state index in [4.69, 9.17) is 11.6 Å². The van der Waals surface area contributed by atoms with Crippen molar-refractivity contribution in [2.24, 2.45) is 5.92 Å². The summed E-state index contributed by atoms with van der Waals surface area (Å²) in [5, 5.41) is 3.53. The Balaban J connectivity index is 1.63. The van der Waals surface area contributed by atoms with Gasteiger partial charge in [0.2, 0.25) is 15.9 Å². The van der Waals surface area contributed by atoms with Crippen LogP contribution in [-0.4, -0.2) is 31.7 Å². The number of rotatable bonds is 6. The van der Waals surface area contributed by atoms with Crippen LogP contribution in [0, 0.1) is 5.92 Å². The number of carbonyl (C=O) groups excluding carboxylic acids is 1. The molecule has 28 heavy (non-hydrogen) atoms. The third-order valence-corrected chi connectivity index (χ3v) is 7.10. The van der Waals surface area contributed by atoms with E-state index in [2.05, 4.69) is 5.32 Å². The summed E-state index contributed by atoms with van der Waals surface area (Å²) in [5.74, 6) is -0.546. The first-order valence-corrected chi connectivity index (χ1v) is 11.4. The molecule has 3 rings (SSSR count). The monoisotopic (exact) mass is 420 g/mol. The fourth-order valence-corrected chi connectivity index (χ4v) is 5.30. The van der Waals surface area contributed by atoms with Gasteiger partial charge in [0.15, 0.2) is 0 Å². The van der Waals surface area contributed by atoms with Crippen LogP contribution in [-0.2, 0) is 20.6 Å². The van der Waals surface area contributed by atoms with Crippen LogP contribution < -0.4 is 5.32 Å². The Kier molecular flexibility index (Phi) is 6.75. The molecule has 5 nitrogen and oxygen atoms in total. The van der Waals surface area contributed by atoms with Crippen LogP contribution in [0.2, 0.25) is 5.02 Å². The second kappa shape index (κ2) is 9.07. The van der Waals surface area contributed by atoms with Crippen LogP contribution in [0.5, 0.6) is 0 Å². The summed E-state index contributed by atoms with van der Waals surface area (Å²) in [6.07, 6.45) is 1.36. The molecule has 1 aliphatic heterocycles. The molecule has 1 aliphatic rings. The Morgan fingerprint density at radius 1 is 1.21 bits per heavy atom. The zero-order chi connectivity index (χ0) is 20.1. The molecule has 0 aliphatic carbocycles. The predicted molar refractivity (Wildman–Crippen MR) is 111 cm³/mol. The molecule has 1 saturated heterocycles. The van der Waals surface area contributed by atoms with Crippen LogP contribution in [0.3, 0.4) is 0 Å². The second-order valence-corrected chi connectivity index (χ2v) is 9.63. The van der Waals surface area contributed by atoms with Gasteiger partial charge in [-0.3, -0.25) is 4.79 Å². The molecular formula is C21H25ClN2O3S. The zero-order valence-corrected chi connectivity index (χ0v) is 17.4. The molecule has 1 N–H and O–H groups in total. The molecule has 1 amide bonds. The highest BCUT2D eigenvalue weighted by molar-refractivity contribution is 7.88. The first-order valence-electron chi connectivity index (χ1n) is 9.43. The van der Waals surface area contributed by atoms with Gasteiger partial charge in [0.05, 0.1) is 17.7 Å². The van der Waals surface area contributed by atoms with E-state index < -0.39 is 10.0 Å². The minimum Gasteiger partial charge on any atom is -0.349 e. The van der Waals surface area contributed by atoms with Crippen molar-refractivity contribution in [1.82, 2.24) is 9.62 Å². The van der Waals surface area contributed by atoms with E-state index in [0.717, 1.165) is 5.56 Å². The Morgan fingerprint density at radius 3 is 2.68 bits per heavy atom. The maximum absolute atomic E-state index is 12.8. The van der Waals surface area contributed by atoms with Gasteiger partial charge in [-0.2, -0.15) is 0 Å². The van der Waals surface area contributed by atoms with Crippen molar-refractivity contribution in [2.75, 3.05) is 13.1 Å². The number of nitrogens with zero attached hydrogens (tertiary/aromatic N) is 1. The molecule has 1 heterocycles. The minimum absolute atomic E-state index is 0.0981. The lowest BCUT2D eigenvalue weighted by Crippen LogP contribution is -2.46. The number of nitrogens with one attached hydrogen (secondary N) is 1. The van der Waals surface area contributed by atoms with Gasteiger partial charge in [-0.05, 0) is 43.0 Å². The average molecular weight is 421 g/mol. The maximum atomic E-state index is 12.8. The summed E-state index contributed by atoms with van der Waals surface area (Å²) in [6.45, 7) is 2.60. The Hall–Kier alpha value is -1.89. The first-order chi connectivity index (χ1) is 13.3. The smallest absolute Gasteiger partial charge is 0.224 e. The van der Waals surface area contributed by atoms with Gasteiger partial charge in [0, 0.05) is 18.1 Å². The number of benzene rings is 2. The highest BCUT2D eigenvalue weighted by Crippen LogP contribution is 2.23. The topological polar surface area (TPSA) is 66.5 Å². The molecule has 150 valence electrons. The van der Waals surface area contributed by atoms with Gasteiger partial charge >= 0.3 is 0 Å². The van der Waals surface area contributed by atoms with Gasteiger partial charge in [-0.15, -0.1) is 0 Å². The number of halogens is 1. The molecule has 1 fully saturated rings. The van der Waals surface area contributed by atoms with Crippen molar-refractivity contribution in [3.8, 4) is 0 Å². The Labute approximate surface area is 171 Å². The minimum atomic E-state index is -3.51. The number of sulfonamides is 1. The quantitative estimate of drug-likeness (QED) is 0.773. The average Bonchev–Trinajstić information content (AvgIpc) is 2.68. The van der Waals surface area contributed by atoms with Crippen LogP contribution in [0.25, 0.3) is 0 Å². The van der Waals surface area contributed by atoms with Crippen molar-refractivity contribution >= 4 is 27.5 Å². The summed E-state index contributed by atoms with van der Waals surface area (Å²) in [4.78, 5) is 12.7. The van der Waals surface area contributed by atoms with Crippen molar-refractivity contribution in [1.29, 1.82) is 0 Å². The molecule has 0 bridgehead atoms. The molecule has 2 atom stereocenters. The largest absolute Gasteiger partial charge is 0.349 e. The molecule has 2 aromatic carbocycles. The van der Waals surface area contributed by atoms with E-state index in [1.54, 1.807) is 24.3 Å². The van der Waals surface area contributed by atoms with Crippen molar-refractivity contribution in [3.05, 3.63) is 70.7 Å². The number of piperidine rings is 1. The van der Waals surface area contributed by atoms with E-state index >= 15 is 0 Å². The molecule has 7 heteroatoms. The molecular weight excluding hydrogens is 396 g/mol. The van der Waals surface area contributed by atoms with Crippen molar-refractivity contribution in [3.63, 3.8) is 0 Å². The van der Waals surface area contributed by atoms with E-state index in [1.807, 2.05) is 37.3 Å². The Bertz CT molecular complexity index is 918. The molecule has 0 unspecified atom stereocenters. The van der Waals surface area contributed by atoms with Crippen LogP contribution >= 0.6 is 11.6 Å². The summed E-state index contributed by atoms with van der Waals surface area (Å²) in [6, 6.07) is 16.5. The molecule has 2 aromatic rings. The maximum Gasteiger partial charge on any atom is 0.224 e. The Morgan fingerprint density at radius 2 is 1.96 bits per heavy atom. The van der Waals surface area contributed by atoms with E-state index in [0.29, 0.717) is 30.0 Å². The highest BCUT2D eigenvalue weighted by atomic mass is 35.5. The summed E-state index contributed by atoms with van der Waals surface area (Å²) < 4.78 is 27.1. The fraction of sp³-hybridized carbons (Fsp3) is 0.381. The fourth-order valence-electron chi connectivity index (χ4n) is 3.49. The van der Waals surface area contributed by atoms with Gasteiger partial charge in [0.25, 0.3) is 0 Å². The van der Waals surface area contributed by atoms with Gasteiger partial charge < -0.3 is 5.32 Å². The number of hydrogen-bond donors (Lipinski definition) is 1. The SMILES string of the molecule is C[C@@H](NC(=O)[C@H]1CCCN(S(=O)(=O)Cc2cccc(Cl)c2)C1)c1ccccc1. The summed E-state index contributed by atoms with van der Waals surface area (Å²) in [5.41, 5.74) is 1.67.